The predicted molar refractivity (Wildman–Crippen MR) is 165 cm³/mol. The third-order valence-corrected chi connectivity index (χ3v) is 10.9. The fourth-order valence-corrected chi connectivity index (χ4v) is 8.47. The van der Waals surface area contributed by atoms with Crippen molar-refractivity contribution < 1.29 is 13.2 Å². The van der Waals surface area contributed by atoms with Crippen LogP contribution in [0.3, 0.4) is 0 Å². The van der Waals surface area contributed by atoms with E-state index in [-0.39, 0.29) is 16.8 Å². The zero-order valence-corrected chi connectivity index (χ0v) is 26.1. The van der Waals surface area contributed by atoms with Gasteiger partial charge in [-0.2, -0.15) is 9.40 Å². The Hall–Kier alpha value is -3.08. The van der Waals surface area contributed by atoms with E-state index in [0.29, 0.717) is 36.2 Å². The molecule has 0 saturated carbocycles. The first-order valence-electron chi connectivity index (χ1n) is 14.4. The summed E-state index contributed by atoms with van der Waals surface area (Å²) in [5.41, 5.74) is 4.44. The zero-order valence-electron chi connectivity index (χ0n) is 24.5. The number of carbonyl (C=O) groups is 1. The molecule has 0 bridgehead atoms. The molecule has 1 amide bonds. The van der Waals surface area contributed by atoms with E-state index in [4.69, 9.17) is 4.98 Å². The van der Waals surface area contributed by atoms with Crippen LogP contribution in [0.15, 0.2) is 53.4 Å². The van der Waals surface area contributed by atoms with Crippen LogP contribution < -0.4 is 4.90 Å². The topological polar surface area (TPSA) is 88.4 Å². The van der Waals surface area contributed by atoms with Crippen molar-refractivity contribution in [3.8, 4) is 0 Å². The number of aromatic nitrogens is 3. The number of carbonyl (C=O) groups excluding carboxylic acids is 1. The van der Waals surface area contributed by atoms with Gasteiger partial charge in [0.05, 0.1) is 27.4 Å². The van der Waals surface area contributed by atoms with Gasteiger partial charge in [0.2, 0.25) is 10.0 Å². The van der Waals surface area contributed by atoms with Gasteiger partial charge in [-0.15, -0.1) is 0 Å². The summed E-state index contributed by atoms with van der Waals surface area (Å²) in [7, 11) is -3.63. The van der Waals surface area contributed by atoms with E-state index in [1.54, 1.807) is 33.5 Å². The molecule has 1 aliphatic heterocycles. The van der Waals surface area contributed by atoms with Crippen molar-refractivity contribution in [1.29, 1.82) is 0 Å². The summed E-state index contributed by atoms with van der Waals surface area (Å²) in [6, 6.07) is 14.6. The van der Waals surface area contributed by atoms with Gasteiger partial charge in [-0.3, -0.25) is 14.4 Å². The van der Waals surface area contributed by atoms with Crippen LogP contribution in [0.1, 0.15) is 79.7 Å². The van der Waals surface area contributed by atoms with Crippen molar-refractivity contribution in [2.45, 2.75) is 83.7 Å². The number of sulfonamides is 1. The standard InChI is InChI=1S/C31H39N5O3S2/c1-6-25-10-7-8-17-36(25)41(38,39)26-15-13-24(14-16-26)30(37)34(18-19-35-23(5)20-22(4)33-35)31-32-29-27(21(2)3)11-9-12-28(29)40-31/h9,11-16,20-21,25H,6-8,10,17-19H2,1-5H3. The Bertz CT molecular complexity index is 1640. The summed E-state index contributed by atoms with van der Waals surface area (Å²) in [5.74, 6) is 0.0826. The van der Waals surface area contributed by atoms with Gasteiger partial charge < -0.3 is 0 Å². The Balaban J connectivity index is 1.47. The number of anilines is 1. The molecule has 1 saturated heterocycles. The summed E-state index contributed by atoms with van der Waals surface area (Å²) >= 11 is 1.50. The van der Waals surface area contributed by atoms with E-state index >= 15 is 0 Å². The maximum Gasteiger partial charge on any atom is 0.260 e. The maximum absolute atomic E-state index is 14.0. The molecule has 0 N–H and O–H groups in total. The largest absolute Gasteiger partial charge is 0.282 e. The molecule has 8 nitrogen and oxygen atoms in total. The summed E-state index contributed by atoms with van der Waals surface area (Å²) in [4.78, 5) is 20.9. The molecule has 10 heteroatoms. The monoisotopic (exact) mass is 593 g/mol. The van der Waals surface area contributed by atoms with Crippen LogP contribution in [0.25, 0.3) is 10.2 Å². The predicted octanol–water partition coefficient (Wildman–Crippen LogP) is 6.53. The molecule has 218 valence electrons. The molecule has 1 atom stereocenters. The van der Waals surface area contributed by atoms with E-state index in [2.05, 4.69) is 25.0 Å². The van der Waals surface area contributed by atoms with Crippen LogP contribution in [0.2, 0.25) is 0 Å². The molecule has 0 radical (unpaired) electrons. The molecule has 4 aromatic rings. The summed E-state index contributed by atoms with van der Waals surface area (Å²) < 4.78 is 31.5. The molecule has 0 spiro atoms. The number of nitrogens with zero attached hydrogens (tertiary/aromatic N) is 5. The van der Waals surface area contributed by atoms with Crippen LogP contribution in [0, 0.1) is 13.8 Å². The molecular weight excluding hydrogens is 555 g/mol. The molecule has 1 unspecified atom stereocenters. The number of hydrogen-bond donors (Lipinski definition) is 0. The highest BCUT2D eigenvalue weighted by molar-refractivity contribution is 7.89. The highest BCUT2D eigenvalue weighted by atomic mass is 32.2. The molecule has 0 aliphatic carbocycles. The lowest BCUT2D eigenvalue weighted by atomic mass is 10.0. The lowest BCUT2D eigenvalue weighted by Crippen LogP contribution is -2.43. The molecule has 5 rings (SSSR count). The highest BCUT2D eigenvalue weighted by Gasteiger charge is 2.33. The van der Waals surface area contributed by atoms with Gasteiger partial charge in [-0.05, 0) is 81.0 Å². The number of rotatable bonds is 9. The minimum atomic E-state index is -3.63. The fraction of sp³-hybridized carbons (Fsp3) is 0.452. The van der Waals surface area contributed by atoms with Gasteiger partial charge in [0.1, 0.15) is 0 Å². The number of amides is 1. The smallest absolute Gasteiger partial charge is 0.260 e. The van der Waals surface area contributed by atoms with Crippen LogP contribution in [-0.4, -0.2) is 52.5 Å². The third kappa shape index (κ3) is 5.96. The third-order valence-electron chi connectivity index (χ3n) is 7.93. The van der Waals surface area contributed by atoms with Crippen LogP contribution in [0.5, 0.6) is 0 Å². The average molecular weight is 594 g/mol. The number of benzene rings is 2. The normalized spacial score (nSPS) is 16.5. The van der Waals surface area contributed by atoms with Gasteiger partial charge in [0, 0.05) is 30.4 Å². The fourth-order valence-electron chi connectivity index (χ4n) is 5.68. The molecule has 1 fully saturated rings. The first-order chi connectivity index (χ1) is 19.6. The highest BCUT2D eigenvalue weighted by Crippen LogP contribution is 2.34. The Morgan fingerprint density at radius 2 is 1.88 bits per heavy atom. The number of fused-ring (bicyclic) bond motifs is 1. The Labute approximate surface area is 247 Å². The molecular formula is C31H39N5O3S2. The van der Waals surface area contributed by atoms with E-state index in [0.717, 1.165) is 52.9 Å². The van der Waals surface area contributed by atoms with Crippen molar-refractivity contribution in [3.63, 3.8) is 0 Å². The van der Waals surface area contributed by atoms with Gasteiger partial charge in [0.15, 0.2) is 5.13 Å². The van der Waals surface area contributed by atoms with Crippen molar-refractivity contribution >= 4 is 42.6 Å². The first-order valence-corrected chi connectivity index (χ1v) is 16.7. The van der Waals surface area contributed by atoms with Gasteiger partial charge in [0.25, 0.3) is 5.91 Å². The quantitative estimate of drug-likeness (QED) is 0.220. The molecule has 3 heterocycles. The second kappa shape index (κ2) is 12.0. The van der Waals surface area contributed by atoms with E-state index in [1.807, 2.05) is 43.7 Å². The lowest BCUT2D eigenvalue weighted by Gasteiger charge is -2.34. The van der Waals surface area contributed by atoms with Crippen molar-refractivity contribution in [2.24, 2.45) is 0 Å². The Morgan fingerprint density at radius 3 is 2.54 bits per heavy atom. The SMILES string of the molecule is CCC1CCCCN1S(=O)(=O)c1ccc(C(=O)N(CCn2nc(C)cc2C)c2nc3c(C(C)C)cccc3s2)cc1. The number of para-hydroxylation sites is 1. The van der Waals surface area contributed by atoms with Crippen LogP contribution in [0.4, 0.5) is 5.13 Å². The molecule has 2 aromatic heterocycles. The van der Waals surface area contributed by atoms with Crippen LogP contribution in [-0.2, 0) is 16.6 Å². The molecule has 1 aliphatic rings. The summed E-state index contributed by atoms with van der Waals surface area (Å²) in [5, 5.41) is 5.20. The number of hydrogen-bond acceptors (Lipinski definition) is 6. The number of aryl methyl sites for hydroxylation is 2. The summed E-state index contributed by atoms with van der Waals surface area (Å²) in [6.07, 6.45) is 3.60. The molecule has 2 aromatic carbocycles. The zero-order chi connectivity index (χ0) is 29.3. The second-order valence-electron chi connectivity index (χ2n) is 11.2. The lowest BCUT2D eigenvalue weighted by molar-refractivity contribution is 0.0985. The van der Waals surface area contributed by atoms with Gasteiger partial charge in [-0.1, -0.05) is 50.7 Å². The average Bonchev–Trinajstić information content (AvgIpc) is 3.54. The maximum atomic E-state index is 14.0. The Morgan fingerprint density at radius 1 is 1.12 bits per heavy atom. The molecule has 41 heavy (non-hydrogen) atoms. The second-order valence-corrected chi connectivity index (χ2v) is 14.0. The van der Waals surface area contributed by atoms with Gasteiger partial charge >= 0.3 is 0 Å². The van der Waals surface area contributed by atoms with Crippen molar-refractivity contribution in [3.05, 3.63) is 71.0 Å². The van der Waals surface area contributed by atoms with E-state index in [1.165, 1.54) is 11.3 Å². The van der Waals surface area contributed by atoms with Crippen molar-refractivity contribution in [2.75, 3.05) is 18.0 Å². The Kier molecular flexibility index (Phi) is 8.63. The van der Waals surface area contributed by atoms with Crippen molar-refractivity contribution in [1.82, 2.24) is 19.1 Å². The van der Waals surface area contributed by atoms with Crippen LogP contribution >= 0.6 is 11.3 Å². The van der Waals surface area contributed by atoms with E-state index in [9.17, 15) is 13.2 Å². The summed E-state index contributed by atoms with van der Waals surface area (Å²) in [6.45, 7) is 11.7. The minimum Gasteiger partial charge on any atom is -0.282 e. The van der Waals surface area contributed by atoms with E-state index < -0.39 is 10.0 Å². The first kappa shape index (κ1) is 29.4. The number of piperidine rings is 1. The number of thiazole rings is 1. The van der Waals surface area contributed by atoms with Gasteiger partial charge in [-0.25, -0.2) is 13.4 Å². The minimum absolute atomic E-state index is 0.0229.